The van der Waals surface area contributed by atoms with Gasteiger partial charge in [-0.2, -0.15) is 0 Å². The van der Waals surface area contributed by atoms with E-state index in [1.165, 1.54) is 42.6 Å². The summed E-state index contributed by atoms with van der Waals surface area (Å²) in [6, 6.07) is 0. The van der Waals surface area contributed by atoms with Gasteiger partial charge < -0.3 is 10.1 Å². The van der Waals surface area contributed by atoms with Crippen LogP contribution in [-0.2, 0) is 19.1 Å². The van der Waals surface area contributed by atoms with Crippen LogP contribution in [0.4, 0.5) is 0 Å². The number of allylic oxidation sites excluding steroid dienone is 2. The molecular weight excluding hydrogens is 378 g/mol. The van der Waals surface area contributed by atoms with Crippen molar-refractivity contribution in [2.24, 2.45) is 10.9 Å². The number of hydrogen-bond acceptors (Lipinski definition) is 5. The maximum absolute atomic E-state index is 12.7. The lowest BCUT2D eigenvalue weighted by Crippen LogP contribution is -2.50. The van der Waals surface area contributed by atoms with Gasteiger partial charge in [0.1, 0.15) is 6.54 Å². The summed E-state index contributed by atoms with van der Waals surface area (Å²) in [7, 11) is 1.28. The molecule has 1 aliphatic heterocycles. The lowest BCUT2D eigenvalue weighted by atomic mass is 9.92. The second-order valence-corrected chi connectivity index (χ2v) is 7.24. The highest BCUT2D eigenvalue weighted by molar-refractivity contribution is 7.80. The number of esters is 1. The minimum atomic E-state index is -0.652. The number of carbonyl (C=O) groups is 3. The van der Waals surface area contributed by atoms with Gasteiger partial charge in [0.2, 0.25) is 16.9 Å². The van der Waals surface area contributed by atoms with Crippen molar-refractivity contribution in [1.29, 1.82) is 0 Å². The van der Waals surface area contributed by atoms with E-state index in [0.717, 1.165) is 19.3 Å². The SMILES string of the molecule is COC(=O)C1=CC2=NC(=S)N(CC(=O)NCCC3=CCCCC3)C(=O)C2C=C1. The first-order valence-electron chi connectivity index (χ1n) is 9.36. The number of nitrogens with zero attached hydrogens (tertiary/aromatic N) is 2. The lowest BCUT2D eigenvalue weighted by Gasteiger charge is -2.30. The Morgan fingerprint density at radius 3 is 2.93 bits per heavy atom. The molecule has 7 nitrogen and oxygen atoms in total. The van der Waals surface area contributed by atoms with Gasteiger partial charge in [-0.3, -0.25) is 14.5 Å². The van der Waals surface area contributed by atoms with Gasteiger partial charge in [-0.1, -0.05) is 23.8 Å². The van der Waals surface area contributed by atoms with E-state index >= 15 is 0 Å². The van der Waals surface area contributed by atoms with Crippen LogP contribution in [0.25, 0.3) is 0 Å². The van der Waals surface area contributed by atoms with Crippen molar-refractivity contribution in [2.45, 2.75) is 32.1 Å². The maximum atomic E-state index is 12.7. The fourth-order valence-corrected chi connectivity index (χ4v) is 3.68. The Balaban J connectivity index is 1.58. The van der Waals surface area contributed by atoms with E-state index in [-0.39, 0.29) is 23.5 Å². The van der Waals surface area contributed by atoms with Gasteiger partial charge in [-0.25, -0.2) is 9.79 Å². The number of thiocarbonyl (C=S) groups is 1. The summed E-state index contributed by atoms with van der Waals surface area (Å²) >= 11 is 5.20. The van der Waals surface area contributed by atoms with Gasteiger partial charge in [0.15, 0.2) is 0 Å². The molecule has 0 saturated carbocycles. The van der Waals surface area contributed by atoms with Crippen LogP contribution in [0, 0.1) is 5.92 Å². The molecular formula is C20H23N3O4S. The average molecular weight is 401 g/mol. The Morgan fingerprint density at radius 2 is 2.21 bits per heavy atom. The zero-order chi connectivity index (χ0) is 20.1. The minimum absolute atomic E-state index is 0.0251. The molecule has 0 radical (unpaired) electrons. The number of fused-ring (bicyclic) bond motifs is 1. The quantitative estimate of drug-likeness (QED) is 0.417. The molecule has 3 aliphatic rings. The number of ether oxygens (including phenoxy) is 1. The maximum Gasteiger partial charge on any atom is 0.337 e. The first-order valence-corrected chi connectivity index (χ1v) is 9.77. The van der Waals surface area contributed by atoms with E-state index in [2.05, 4.69) is 21.1 Å². The first-order chi connectivity index (χ1) is 13.5. The number of amides is 2. The minimum Gasteiger partial charge on any atom is -0.465 e. The van der Waals surface area contributed by atoms with E-state index < -0.39 is 11.9 Å². The molecule has 3 rings (SSSR count). The number of methoxy groups -OCH3 is 1. The number of aliphatic imine (C=N–C) groups is 1. The summed E-state index contributed by atoms with van der Waals surface area (Å²) in [5.74, 6) is -1.75. The second kappa shape index (κ2) is 9.05. The van der Waals surface area contributed by atoms with E-state index in [1.54, 1.807) is 6.08 Å². The third-order valence-corrected chi connectivity index (χ3v) is 5.27. The predicted octanol–water partition coefficient (Wildman–Crippen LogP) is 1.85. The molecule has 0 spiro atoms. The second-order valence-electron chi connectivity index (χ2n) is 6.88. The fourth-order valence-electron chi connectivity index (χ4n) is 3.42. The third kappa shape index (κ3) is 4.62. The molecule has 1 unspecified atom stereocenters. The van der Waals surface area contributed by atoms with Crippen LogP contribution in [0.5, 0.6) is 0 Å². The van der Waals surface area contributed by atoms with Gasteiger partial charge in [0.25, 0.3) is 0 Å². The van der Waals surface area contributed by atoms with Crippen LogP contribution in [0.3, 0.4) is 0 Å². The lowest BCUT2D eigenvalue weighted by molar-refractivity contribution is -0.135. The largest absolute Gasteiger partial charge is 0.465 e. The molecule has 0 aromatic rings. The van der Waals surface area contributed by atoms with Crippen molar-refractivity contribution in [3.8, 4) is 0 Å². The molecule has 0 saturated heterocycles. The first kappa shape index (κ1) is 20.1. The molecule has 148 valence electrons. The van der Waals surface area contributed by atoms with Crippen LogP contribution < -0.4 is 5.32 Å². The monoisotopic (exact) mass is 401 g/mol. The van der Waals surface area contributed by atoms with Crippen molar-refractivity contribution in [2.75, 3.05) is 20.2 Å². The highest BCUT2D eigenvalue weighted by atomic mass is 32.1. The standard InChI is InChI=1S/C20H23N3O4S/c1-27-19(26)14-7-8-15-16(11-14)22-20(28)23(18(15)25)12-17(24)21-10-9-13-5-3-2-4-6-13/h5,7-8,11,15H,2-4,6,9-10,12H2,1H3,(H,21,24). The van der Waals surface area contributed by atoms with Crippen LogP contribution in [-0.4, -0.2) is 53.7 Å². The molecule has 1 N–H and O–H groups in total. The normalized spacial score (nSPS) is 21.4. The van der Waals surface area contributed by atoms with Crippen molar-refractivity contribution in [1.82, 2.24) is 10.2 Å². The molecule has 0 aromatic carbocycles. The molecule has 2 amide bonds. The van der Waals surface area contributed by atoms with Crippen LogP contribution in [0.2, 0.25) is 0 Å². The van der Waals surface area contributed by atoms with Crippen molar-refractivity contribution < 1.29 is 19.1 Å². The van der Waals surface area contributed by atoms with Crippen LogP contribution in [0.15, 0.2) is 40.4 Å². The Morgan fingerprint density at radius 1 is 1.39 bits per heavy atom. The number of nitrogens with one attached hydrogen (secondary N) is 1. The summed E-state index contributed by atoms with van der Waals surface area (Å²) in [5.41, 5.74) is 2.07. The number of rotatable bonds is 6. The van der Waals surface area contributed by atoms with Crippen molar-refractivity contribution in [3.63, 3.8) is 0 Å². The van der Waals surface area contributed by atoms with Crippen LogP contribution in [0.1, 0.15) is 32.1 Å². The summed E-state index contributed by atoms with van der Waals surface area (Å²) < 4.78 is 4.68. The third-order valence-electron chi connectivity index (χ3n) is 4.95. The molecule has 0 fully saturated rings. The highest BCUT2D eigenvalue weighted by Crippen LogP contribution is 2.23. The Hall–Kier alpha value is -2.61. The zero-order valence-corrected chi connectivity index (χ0v) is 16.6. The summed E-state index contributed by atoms with van der Waals surface area (Å²) in [6.45, 7) is 0.383. The van der Waals surface area contributed by atoms with E-state index in [0.29, 0.717) is 17.8 Å². The summed E-state index contributed by atoms with van der Waals surface area (Å²) in [5, 5.41) is 2.87. The smallest absolute Gasteiger partial charge is 0.337 e. The Kier molecular flexibility index (Phi) is 6.51. The molecule has 1 atom stereocenters. The van der Waals surface area contributed by atoms with Gasteiger partial charge >= 0.3 is 5.97 Å². The zero-order valence-electron chi connectivity index (χ0n) is 15.8. The van der Waals surface area contributed by atoms with Crippen molar-refractivity contribution in [3.05, 3.63) is 35.5 Å². The topological polar surface area (TPSA) is 88.1 Å². The van der Waals surface area contributed by atoms with Gasteiger partial charge in [0, 0.05) is 6.54 Å². The van der Waals surface area contributed by atoms with Gasteiger partial charge in [-0.05, 0) is 50.4 Å². The fraction of sp³-hybridized carbons (Fsp3) is 0.450. The Labute approximate surface area is 169 Å². The predicted molar refractivity (Wildman–Crippen MR) is 109 cm³/mol. The average Bonchev–Trinajstić information content (AvgIpc) is 2.71. The highest BCUT2D eigenvalue weighted by Gasteiger charge is 2.36. The Bertz CT molecular complexity index is 825. The number of carbonyl (C=O) groups excluding carboxylic acids is 3. The molecule has 0 bridgehead atoms. The van der Waals surface area contributed by atoms with Gasteiger partial charge in [-0.15, -0.1) is 0 Å². The van der Waals surface area contributed by atoms with E-state index in [9.17, 15) is 14.4 Å². The van der Waals surface area contributed by atoms with Crippen LogP contribution >= 0.6 is 12.2 Å². The molecule has 28 heavy (non-hydrogen) atoms. The molecule has 1 heterocycles. The molecule has 8 heteroatoms. The molecule has 0 aromatic heterocycles. The summed E-state index contributed by atoms with van der Waals surface area (Å²) in [6.07, 6.45) is 12.3. The molecule has 2 aliphatic carbocycles. The summed E-state index contributed by atoms with van der Waals surface area (Å²) in [4.78, 5) is 42.1. The van der Waals surface area contributed by atoms with E-state index in [1.807, 2.05) is 0 Å². The van der Waals surface area contributed by atoms with Crippen molar-refractivity contribution >= 4 is 40.8 Å². The van der Waals surface area contributed by atoms with E-state index in [4.69, 9.17) is 12.2 Å². The van der Waals surface area contributed by atoms with Gasteiger partial charge in [0.05, 0.1) is 24.3 Å². The number of hydrogen-bond donors (Lipinski definition) is 1.